The molecule has 0 unspecified atom stereocenters. The summed E-state index contributed by atoms with van der Waals surface area (Å²) in [5.41, 5.74) is -0.104. The van der Waals surface area contributed by atoms with Crippen LogP contribution >= 0.6 is 0 Å². The van der Waals surface area contributed by atoms with Gasteiger partial charge in [-0.25, -0.2) is 8.42 Å². The Hall–Kier alpha value is -4.20. The van der Waals surface area contributed by atoms with E-state index in [1.54, 1.807) is 25.1 Å². The number of aromatic nitrogens is 2. The van der Waals surface area contributed by atoms with Gasteiger partial charge in [0.2, 0.25) is 27.7 Å². The number of ether oxygens (including phenoxy) is 3. The molecule has 1 aromatic carbocycles. The number of nitrogens with zero attached hydrogens (tertiary/aromatic N) is 3. The number of methoxy groups -OCH3 is 2. The molecule has 1 aliphatic heterocycles. The van der Waals surface area contributed by atoms with Crippen molar-refractivity contribution in [1.29, 1.82) is 0 Å². The van der Waals surface area contributed by atoms with E-state index in [0.29, 0.717) is 30.8 Å². The molecule has 0 spiro atoms. The number of carbonyl (C=O) groups excluding carboxylic acids is 3. The summed E-state index contributed by atoms with van der Waals surface area (Å²) in [5, 5.41) is 2.32. The molecular weight excluding hydrogens is 626 g/mol. The average molecular weight is 668 g/mol. The standard InChI is InChI=1S/C33H41N5O8S/c1-38-14-7-5-4-6-10-21-19-33(21,31(41)37-47(42,43)24-12-13-24)36-29(39)25-16-23(17-26(25)30(38)40)46-28-18-27(34-32(35-28)45-3)20-9-8-11-22(15-20)44-2/h6,8-11,15,18,21,23-26H,4-5,7,12-14,16-17,19H2,1-3H3,(H,36,39)(H,37,41)/b10-6-/t21-,23+,25+,26+,33+/m0/s1. The van der Waals surface area contributed by atoms with Gasteiger partial charge in [-0.15, -0.1) is 0 Å². The van der Waals surface area contributed by atoms with Crippen molar-refractivity contribution < 1.29 is 37.0 Å². The minimum Gasteiger partial charge on any atom is -0.497 e. The highest BCUT2D eigenvalue weighted by Crippen LogP contribution is 2.47. The zero-order valence-electron chi connectivity index (χ0n) is 26.8. The fourth-order valence-electron chi connectivity index (χ4n) is 6.55. The molecule has 1 aromatic heterocycles. The third-order valence-electron chi connectivity index (χ3n) is 9.51. The number of sulfonamides is 1. The second kappa shape index (κ2) is 13.1. The summed E-state index contributed by atoms with van der Waals surface area (Å²) in [6, 6.07) is 9.11. The van der Waals surface area contributed by atoms with Gasteiger partial charge in [-0.05, 0) is 63.5 Å². The largest absolute Gasteiger partial charge is 0.497 e. The lowest BCUT2D eigenvalue weighted by Gasteiger charge is -2.26. The molecule has 14 heteroatoms. The normalized spacial score (nSPS) is 28.6. The molecule has 2 N–H and O–H groups in total. The van der Waals surface area contributed by atoms with Crippen LogP contribution in [0.15, 0.2) is 42.5 Å². The molecule has 0 radical (unpaired) electrons. The van der Waals surface area contributed by atoms with Gasteiger partial charge < -0.3 is 24.4 Å². The number of allylic oxidation sites excluding steroid dienone is 1. The quantitative estimate of drug-likeness (QED) is 0.400. The first-order valence-electron chi connectivity index (χ1n) is 16.1. The molecule has 3 fully saturated rings. The van der Waals surface area contributed by atoms with Crippen LogP contribution in [0.3, 0.4) is 0 Å². The molecule has 3 amide bonds. The Bertz CT molecular complexity index is 1680. The van der Waals surface area contributed by atoms with Crippen LogP contribution in [0.1, 0.15) is 51.4 Å². The molecule has 0 saturated heterocycles. The van der Waals surface area contributed by atoms with Crippen LogP contribution in [0, 0.1) is 17.8 Å². The molecule has 0 bridgehead atoms. The second-order valence-electron chi connectivity index (χ2n) is 12.9. The zero-order chi connectivity index (χ0) is 33.3. The van der Waals surface area contributed by atoms with Crippen molar-refractivity contribution in [2.45, 2.75) is 68.3 Å². The average Bonchev–Trinajstić information content (AvgIpc) is 3.99. The Labute approximate surface area is 274 Å². The minimum absolute atomic E-state index is 0.0902. The van der Waals surface area contributed by atoms with Gasteiger partial charge in [-0.3, -0.25) is 19.1 Å². The Morgan fingerprint density at radius 3 is 2.60 bits per heavy atom. The summed E-state index contributed by atoms with van der Waals surface area (Å²) in [6.45, 7) is 0.546. The first kappa shape index (κ1) is 32.7. The third-order valence-corrected chi connectivity index (χ3v) is 11.3. The highest BCUT2D eigenvalue weighted by atomic mass is 32.2. The maximum atomic E-state index is 14.0. The van der Waals surface area contributed by atoms with E-state index in [2.05, 4.69) is 20.0 Å². The van der Waals surface area contributed by atoms with Gasteiger partial charge in [0, 0.05) is 31.1 Å². The minimum atomic E-state index is -3.82. The van der Waals surface area contributed by atoms with Gasteiger partial charge in [0.15, 0.2) is 0 Å². The third kappa shape index (κ3) is 7.07. The number of rotatable bonds is 8. The number of carbonyl (C=O) groups is 3. The highest BCUT2D eigenvalue weighted by molar-refractivity contribution is 7.91. The van der Waals surface area contributed by atoms with Crippen molar-refractivity contribution in [3.05, 3.63) is 42.5 Å². The molecule has 3 aliphatic carbocycles. The first-order chi connectivity index (χ1) is 22.5. The molecular formula is C33H41N5O8S. The predicted molar refractivity (Wildman–Crippen MR) is 171 cm³/mol. The van der Waals surface area contributed by atoms with Gasteiger partial charge in [-0.2, -0.15) is 9.97 Å². The summed E-state index contributed by atoms with van der Waals surface area (Å²) < 4.78 is 44.6. The second-order valence-corrected chi connectivity index (χ2v) is 14.8. The maximum absolute atomic E-state index is 14.0. The van der Waals surface area contributed by atoms with E-state index in [9.17, 15) is 22.8 Å². The predicted octanol–water partition coefficient (Wildman–Crippen LogP) is 2.62. The number of hydrogen-bond donors (Lipinski definition) is 2. The molecule has 5 atom stereocenters. The van der Waals surface area contributed by atoms with Crippen LogP contribution in [0.5, 0.6) is 17.6 Å². The van der Waals surface area contributed by atoms with Crippen molar-refractivity contribution in [2.75, 3.05) is 27.8 Å². The number of amides is 3. The van der Waals surface area contributed by atoms with Crippen LogP contribution in [-0.4, -0.2) is 85.7 Å². The molecule has 6 rings (SSSR count). The van der Waals surface area contributed by atoms with E-state index in [0.717, 1.165) is 24.8 Å². The number of benzene rings is 1. The van der Waals surface area contributed by atoms with Crippen LogP contribution in [0.4, 0.5) is 0 Å². The van der Waals surface area contributed by atoms with Crippen molar-refractivity contribution in [3.8, 4) is 28.9 Å². The van der Waals surface area contributed by atoms with Crippen LogP contribution in [0.2, 0.25) is 0 Å². The summed E-state index contributed by atoms with van der Waals surface area (Å²) >= 11 is 0. The monoisotopic (exact) mass is 667 g/mol. The van der Waals surface area contributed by atoms with E-state index < -0.39 is 50.6 Å². The van der Waals surface area contributed by atoms with E-state index in [1.807, 2.05) is 36.4 Å². The zero-order valence-corrected chi connectivity index (χ0v) is 27.6. The fraction of sp³-hybridized carbons (Fsp3) is 0.545. The molecule has 13 nitrogen and oxygen atoms in total. The lowest BCUT2D eigenvalue weighted by atomic mass is 9.93. The van der Waals surface area contributed by atoms with Crippen LogP contribution in [0.25, 0.3) is 11.3 Å². The smallest absolute Gasteiger partial charge is 0.320 e. The van der Waals surface area contributed by atoms with Crippen molar-refractivity contribution in [2.24, 2.45) is 17.8 Å². The number of fused-ring (bicyclic) bond motifs is 2. The summed E-state index contributed by atoms with van der Waals surface area (Å²) in [5.74, 6) is -2.39. The van der Waals surface area contributed by atoms with Crippen molar-refractivity contribution in [1.82, 2.24) is 24.9 Å². The van der Waals surface area contributed by atoms with E-state index in [4.69, 9.17) is 14.2 Å². The SMILES string of the molecule is COc1cccc(-c2cc(O[C@@H]3C[C@H]4C(=O)N[C@]5(C(=O)NS(=O)(=O)C6CC6)C[C@@H]5/C=C\CCCCN(C)C(=O)[C@@H]4C3)nc(OC)n2)c1. The van der Waals surface area contributed by atoms with Crippen LogP contribution < -0.4 is 24.2 Å². The number of hydrogen-bond acceptors (Lipinski definition) is 10. The summed E-state index contributed by atoms with van der Waals surface area (Å²) in [6.07, 6.45) is 7.39. The summed E-state index contributed by atoms with van der Waals surface area (Å²) in [4.78, 5) is 51.8. The first-order valence-corrected chi connectivity index (χ1v) is 17.6. The van der Waals surface area contributed by atoms with Gasteiger partial charge in [-0.1, -0.05) is 24.3 Å². The fourth-order valence-corrected chi connectivity index (χ4v) is 7.91. The Balaban J connectivity index is 1.26. The van der Waals surface area contributed by atoms with Gasteiger partial charge in [0.1, 0.15) is 17.4 Å². The van der Waals surface area contributed by atoms with Gasteiger partial charge in [0.25, 0.3) is 5.91 Å². The topological polar surface area (TPSA) is 166 Å². The lowest BCUT2D eigenvalue weighted by molar-refractivity contribution is -0.140. The Morgan fingerprint density at radius 2 is 1.85 bits per heavy atom. The van der Waals surface area contributed by atoms with Crippen molar-refractivity contribution in [3.63, 3.8) is 0 Å². The van der Waals surface area contributed by atoms with E-state index in [1.165, 1.54) is 7.11 Å². The summed E-state index contributed by atoms with van der Waals surface area (Å²) in [7, 11) is 0.943. The van der Waals surface area contributed by atoms with Crippen LogP contribution in [-0.2, 0) is 24.4 Å². The van der Waals surface area contributed by atoms with E-state index in [-0.39, 0.29) is 43.0 Å². The molecule has 4 aliphatic rings. The number of nitrogens with one attached hydrogen (secondary N) is 2. The highest BCUT2D eigenvalue weighted by Gasteiger charge is 2.62. The lowest BCUT2D eigenvalue weighted by Crippen LogP contribution is -2.54. The van der Waals surface area contributed by atoms with Gasteiger partial charge >= 0.3 is 6.01 Å². The Morgan fingerprint density at radius 1 is 1.06 bits per heavy atom. The Kier molecular flexibility index (Phi) is 9.14. The molecule has 3 saturated carbocycles. The van der Waals surface area contributed by atoms with E-state index >= 15 is 0 Å². The molecule has 2 heterocycles. The van der Waals surface area contributed by atoms with Crippen molar-refractivity contribution >= 4 is 27.7 Å². The maximum Gasteiger partial charge on any atom is 0.320 e. The molecule has 47 heavy (non-hydrogen) atoms. The molecule has 252 valence electrons. The molecule has 2 aromatic rings. The van der Waals surface area contributed by atoms with Gasteiger partial charge in [0.05, 0.1) is 37.0 Å².